The van der Waals surface area contributed by atoms with E-state index in [1.165, 1.54) is 17.7 Å². The van der Waals surface area contributed by atoms with Crippen molar-refractivity contribution in [3.05, 3.63) is 93.3 Å². The molecular formula is C30H36N2O7Si. The third kappa shape index (κ3) is 5.12. The first-order valence-electron chi connectivity index (χ1n) is 13.6. The maximum atomic E-state index is 12.5. The minimum absolute atomic E-state index is 0.198. The third-order valence-electron chi connectivity index (χ3n) is 7.79. The van der Waals surface area contributed by atoms with E-state index in [9.17, 15) is 14.4 Å². The number of carbonyl (C=O) groups excluding carboxylic acids is 1. The summed E-state index contributed by atoms with van der Waals surface area (Å²) in [6, 6.07) is 20.6. The fourth-order valence-electron chi connectivity index (χ4n) is 6.01. The number of carbonyl (C=O) groups is 1. The van der Waals surface area contributed by atoms with Gasteiger partial charge < -0.3 is 18.6 Å². The van der Waals surface area contributed by atoms with Gasteiger partial charge in [0.15, 0.2) is 6.10 Å². The molecule has 0 bridgehead atoms. The highest BCUT2D eigenvalue weighted by atomic mass is 28.4. The van der Waals surface area contributed by atoms with Crippen LogP contribution in [0.4, 0.5) is 0 Å². The smallest absolute Gasteiger partial charge is 0.330 e. The molecule has 1 N–H and O–H groups in total. The summed E-state index contributed by atoms with van der Waals surface area (Å²) in [5, 5.41) is 2.05. The van der Waals surface area contributed by atoms with Gasteiger partial charge >= 0.3 is 11.7 Å². The van der Waals surface area contributed by atoms with Gasteiger partial charge in [0.25, 0.3) is 13.9 Å². The summed E-state index contributed by atoms with van der Waals surface area (Å²) in [6.07, 6.45) is -1.08. The molecule has 0 spiro atoms. The zero-order valence-corrected chi connectivity index (χ0v) is 24.5. The summed E-state index contributed by atoms with van der Waals surface area (Å²) in [5.41, 5.74) is -0.598. The number of hydrogen-bond donors (Lipinski definition) is 1. The Morgan fingerprint density at radius 2 is 1.62 bits per heavy atom. The number of nitrogens with zero attached hydrogens (tertiary/aromatic N) is 1. The molecule has 2 fully saturated rings. The van der Waals surface area contributed by atoms with E-state index in [0.29, 0.717) is 12.0 Å². The molecule has 3 heterocycles. The number of aromatic amines is 1. The van der Waals surface area contributed by atoms with Crippen LogP contribution in [0.2, 0.25) is 5.04 Å². The van der Waals surface area contributed by atoms with Gasteiger partial charge in [-0.05, 0) is 22.3 Å². The molecule has 2 aromatic carbocycles. The fourth-order valence-corrected chi connectivity index (χ4v) is 10.6. The Bertz CT molecular complexity index is 1430. The van der Waals surface area contributed by atoms with Crippen molar-refractivity contribution < 1.29 is 23.4 Å². The van der Waals surface area contributed by atoms with E-state index in [-0.39, 0.29) is 11.6 Å². The van der Waals surface area contributed by atoms with Crippen LogP contribution in [-0.4, -0.2) is 54.9 Å². The highest BCUT2D eigenvalue weighted by Gasteiger charge is 2.56. The Kier molecular flexibility index (Phi) is 7.71. The molecule has 0 saturated carbocycles. The Labute approximate surface area is 234 Å². The van der Waals surface area contributed by atoms with Gasteiger partial charge in [-0.1, -0.05) is 81.4 Å². The molecule has 0 radical (unpaired) electrons. The second kappa shape index (κ2) is 10.9. The molecule has 5 rings (SSSR count). The van der Waals surface area contributed by atoms with Crippen LogP contribution in [0.25, 0.3) is 0 Å². The number of fused-ring (bicyclic) bond motifs is 1. The lowest BCUT2D eigenvalue weighted by Gasteiger charge is -2.43. The number of aromatic nitrogens is 2. The summed E-state index contributed by atoms with van der Waals surface area (Å²) < 4.78 is 26.9. The largest absolute Gasteiger partial charge is 0.457 e. The minimum Gasteiger partial charge on any atom is -0.457 e. The van der Waals surface area contributed by atoms with Crippen LogP contribution in [0, 0.1) is 6.92 Å². The summed E-state index contributed by atoms with van der Waals surface area (Å²) in [5.74, 6) is -0.450. The molecule has 0 aliphatic carbocycles. The van der Waals surface area contributed by atoms with Crippen molar-refractivity contribution in [1.82, 2.24) is 9.55 Å². The van der Waals surface area contributed by atoms with E-state index in [1.807, 2.05) is 36.4 Å². The van der Waals surface area contributed by atoms with Gasteiger partial charge in [-0.3, -0.25) is 19.1 Å². The fraction of sp³-hybridized carbons (Fsp3) is 0.433. The Balaban J connectivity index is 1.44. The predicted octanol–water partition coefficient (Wildman–Crippen LogP) is 2.41. The topological polar surface area (TPSA) is 109 Å². The molecule has 212 valence electrons. The van der Waals surface area contributed by atoms with Crippen molar-refractivity contribution in [2.75, 3.05) is 6.61 Å². The molecule has 2 aliphatic rings. The Hall–Kier alpha value is -3.31. The van der Waals surface area contributed by atoms with Crippen molar-refractivity contribution in [2.24, 2.45) is 0 Å². The summed E-state index contributed by atoms with van der Waals surface area (Å²) >= 11 is 0. The first-order chi connectivity index (χ1) is 19.0. The lowest BCUT2D eigenvalue weighted by atomic mass is 10.1. The average molecular weight is 565 g/mol. The zero-order chi connectivity index (χ0) is 28.7. The average Bonchev–Trinajstić information content (AvgIpc) is 3.45. The number of esters is 1. The minimum atomic E-state index is -2.85. The Morgan fingerprint density at radius 3 is 2.17 bits per heavy atom. The van der Waals surface area contributed by atoms with Crippen molar-refractivity contribution in [1.29, 1.82) is 0 Å². The maximum absolute atomic E-state index is 12.5. The van der Waals surface area contributed by atoms with Crippen LogP contribution in [0.15, 0.2) is 76.4 Å². The summed E-state index contributed by atoms with van der Waals surface area (Å²) in [4.78, 5) is 38.8. The van der Waals surface area contributed by atoms with E-state index in [0.717, 1.165) is 10.4 Å². The number of hydrogen-bond acceptors (Lipinski definition) is 7. The highest BCUT2D eigenvalue weighted by molar-refractivity contribution is 6.99. The predicted molar refractivity (Wildman–Crippen MR) is 152 cm³/mol. The zero-order valence-electron chi connectivity index (χ0n) is 23.5. The maximum Gasteiger partial charge on any atom is 0.330 e. The summed E-state index contributed by atoms with van der Waals surface area (Å²) in [7, 11) is -2.85. The van der Waals surface area contributed by atoms with E-state index in [2.05, 4.69) is 50.0 Å². The van der Waals surface area contributed by atoms with Crippen LogP contribution in [0.5, 0.6) is 0 Å². The number of ether oxygens (including phenoxy) is 3. The van der Waals surface area contributed by atoms with Crippen LogP contribution < -0.4 is 21.6 Å². The van der Waals surface area contributed by atoms with Crippen LogP contribution >= 0.6 is 0 Å². The van der Waals surface area contributed by atoms with E-state index in [4.69, 9.17) is 18.6 Å². The van der Waals surface area contributed by atoms with E-state index < -0.39 is 56.2 Å². The van der Waals surface area contributed by atoms with Crippen LogP contribution in [-0.2, 0) is 23.4 Å². The van der Waals surface area contributed by atoms with Crippen LogP contribution in [0.1, 0.15) is 45.9 Å². The highest BCUT2D eigenvalue weighted by Crippen LogP contribution is 2.42. The lowest BCUT2D eigenvalue weighted by Crippen LogP contribution is -2.67. The van der Waals surface area contributed by atoms with Crippen LogP contribution in [0.3, 0.4) is 0 Å². The standard InChI is InChI=1S/C30H36N2O7Si/c1-19-17-32(29(35)31-28(19)34)25-16-23-26(39-25)27(37-20(2)33)24(38-23)18-36-40(30(3,4)5,21-12-8-6-9-13-21)22-14-10-7-11-15-22/h6-15,17,23-27H,16,18H2,1-5H3,(H,31,34,35)/t23-,24-,25+,26+,27-/m1/s1. The van der Waals surface area contributed by atoms with Crippen molar-refractivity contribution in [3.63, 3.8) is 0 Å². The van der Waals surface area contributed by atoms with Gasteiger partial charge in [0.05, 0.1) is 12.7 Å². The number of rotatable bonds is 7. The molecule has 0 amide bonds. The second-order valence-electron chi connectivity index (χ2n) is 11.5. The van der Waals surface area contributed by atoms with Gasteiger partial charge in [0.2, 0.25) is 0 Å². The molecule has 40 heavy (non-hydrogen) atoms. The van der Waals surface area contributed by atoms with E-state index >= 15 is 0 Å². The third-order valence-corrected chi connectivity index (χ3v) is 12.8. The van der Waals surface area contributed by atoms with Gasteiger partial charge in [-0.15, -0.1) is 0 Å². The van der Waals surface area contributed by atoms with Gasteiger partial charge in [-0.25, -0.2) is 4.79 Å². The summed E-state index contributed by atoms with van der Waals surface area (Å²) in [6.45, 7) is 9.78. The first kappa shape index (κ1) is 28.2. The van der Waals surface area contributed by atoms with Gasteiger partial charge in [-0.2, -0.15) is 0 Å². The van der Waals surface area contributed by atoms with Gasteiger partial charge in [0, 0.05) is 25.1 Å². The van der Waals surface area contributed by atoms with Crippen molar-refractivity contribution in [3.8, 4) is 0 Å². The van der Waals surface area contributed by atoms with Gasteiger partial charge in [0.1, 0.15) is 18.4 Å². The molecule has 10 heteroatoms. The molecule has 0 unspecified atom stereocenters. The monoisotopic (exact) mass is 564 g/mol. The first-order valence-corrected chi connectivity index (χ1v) is 15.5. The quantitative estimate of drug-likeness (QED) is 0.347. The van der Waals surface area contributed by atoms with E-state index in [1.54, 1.807) is 6.92 Å². The molecule has 2 saturated heterocycles. The molecule has 9 nitrogen and oxygen atoms in total. The number of nitrogens with one attached hydrogen (secondary N) is 1. The Morgan fingerprint density at radius 1 is 1.02 bits per heavy atom. The normalized spacial score (nSPS) is 24.6. The molecule has 1 aromatic heterocycles. The second-order valence-corrected chi connectivity index (χ2v) is 15.8. The number of benzene rings is 2. The SMILES string of the molecule is CC(=O)O[C@H]1[C@H]2O[C@H](n3cc(C)c(=O)[nH]c3=O)C[C@H]2O[C@@H]1CO[Si](c1ccccc1)(c1ccccc1)C(C)(C)C. The number of aryl methyl sites for hydroxylation is 1. The molecular weight excluding hydrogens is 528 g/mol. The molecule has 3 aromatic rings. The molecule has 2 aliphatic heterocycles. The lowest BCUT2D eigenvalue weighted by molar-refractivity contribution is -0.158. The van der Waals surface area contributed by atoms with Crippen molar-refractivity contribution in [2.45, 2.75) is 76.7 Å². The van der Waals surface area contributed by atoms with Crippen molar-refractivity contribution >= 4 is 24.7 Å². The molecule has 5 atom stereocenters. The number of H-pyrrole nitrogens is 1.